The summed E-state index contributed by atoms with van der Waals surface area (Å²) < 4.78 is 0. The van der Waals surface area contributed by atoms with Crippen LogP contribution in [0.5, 0.6) is 0 Å². The lowest BCUT2D eigenvalue weighted by Gasteiger charge is -2.26. The van der Waals surface area contributed by atoms with E-state index in [1.165, 1.54) is 13.8 Å². The summed E-state index contributed by atoms with van der Waals surface area (Å²) in [5.74, 6) is -3.79. The van der Waals surface area contributed by atoms with Crippen molar-refractivity contribution in [2.45, 2.75) is 220 Å². The Morgan fingerprint density at radius 2 is 0.640 bits per heavy atom. The highest BCUT2D eigenvalue weighted by molar-refractivity contribution is 5.83. The van der Waals surface area contributed by atoms with Crippen LogP contribution in [0.3, 0.4) is 0 Å². The molecule has 114 heavy (non-hydrogen) atoms. The summed E-state index contributed by atoms with van der Waals surface area (Å²) in [6, 6.07) is -3.86. The normalized spacial score (nSPS) is 14.6. The van der Waals surface area contributed by atoms with Gasteiger partial charge in [0.2, 0.25) is 65.0 Å². The van der Waals surface area contributed by atoms with E-state index in [9.17, 15) is 62.6 Å². The van der Waals surface area contributed by atoms with Gasteiger partial charge in [-0.05, 0) is 115 Å². The van der Waals surface area contributed by atoms with Crippen LogP contribution in [0, 0.1) is 23.7 Å². The molecule has 0 aliphatic carbocycles. The highest BCUT2D eigenvalue weighted by Crippen LogP contribution is 2.10. The van der Waals surface area contributed by atoms with Crippen molar-refractivity contribution in [1.82, 2.24) is 106 Å². The van der Waals surface area contributed by atoms with Gasteiger partial charge in [-0.15, -0.1) is 0 Å². The van der Waals surface area contributed by atoms with Crippen LogP contribution in [0.25, 0.3) is 0 Å². The molecule has 0 saturated heterocycles. The van der Waals surface area contributed by atoms with Crippen molar-refractivity contribution in [3.05, 3.63) is 0 Å². The summed E-state index contributed by atoms with van der Waals surface area (Å²) in [6.45, 7) is 24.0. The molecule has 0 aromatic heterocycles. The van der Waals surface area contributed by atoms with Gasteiger partial charge >= 0.3 is 5.97 Å². The molecule has 0 radical (unpaired) electrons. The first-order chi connectivity index (χ1) is 54.0. The number of guanidine groups is 1. The monoisotopic (exact) mass is 1630 g/mol. The maximum absolute atomic E-state index is 13.3. The molecule has 0 saturated carbocycles. The zero-order valence-electron chi connectivity index (χ0n) is 70.0. The fourth-order valence-electron chi connectivity index (χ4n) is 12.2. The number of carboxylic acids is 1. The molecule has 0 aromatic rings. The third-order valence-corrected chi connectivity index (χ3v) is 17.9. The molecule has 0 fully saturated rings. The summed E-state index contributed by atoms with van der Waals surface area (Å²) in [6.07, 6.45) is 5.08. The van der Waals surface area contributed by atoms with Crippen LogP contribution < -0.4 is 135 Å². The number of aliphatic hydroxyl groups is 1. The number of primary amides is 1. The summed E-state index contributed by atoms with van der Waals surface area (Å²) in [5, 5.41) is 79.9. The Bertz CT molecular complexity index is 2780. The maximum atomic E-state index is 13.3. The molecule has 40 heteroatoms. The standard InChI is InChI=1S/C74H150N26O14/c1-12-50(8)61(35-88-44-70(110)98-59(25-48(4)5)33-86-43-69(109)96-58(24-47(2)3)32-81-37-63(77)103)99-71(111)45-84-29-55(17-14-22-76)93-65(105)39-80-27-51(9)91-64(104)38-89-36-62(52(10)101)100-72(112)46-87-34-60(26-49(6)7)97-68(108)42-83-30-56(18-15-23-90-74(78)79)95-67(107)40-82-28-54(16-13-21-75)94-66(106)41-85-31-57(92-53(11)102)19-20-73(113)114/h47-52,54-62,80-89,101H,12-46,75-76H2,1-11H3,(H2,77,103)(H,91,104)(H,92,102)(H,93,105)(H,94,106)(H,95,107)(H,96,109)(H,97,108)(H,98,110)(H,99,111)(H,100,112)(H,113,114)(H4,78,79,90)/t50?,51-,52?,54-,55-,56-,57-,58-,59-,60-,61+,62+/m0/s1. The number of aliphatic carboxylic acids is 1. The number of carboxylic acid groups (broad SMARTS) is 1. The lowest BCUT2D eigenvalue weighted by Crippen LogP contribution is -2.53. The average molecular weight is 1630 g/mol. The van der Waals surface area contributed by atoms with Crippen LogP contribution in [-0.2, 0) is 57.5 Å². The number of carbonyl (C=O) groups excluding carboxylic acids is 11. The Balaban J connectivity index is 5.15. The Kier molecular flexibility index (Phi) is 61.2. The van der Waals surface area contributed by atoms with E-state index in [-0.39, 0.29) is 237 Å². The predicted molar refractivity (Wildman–Crippen MR) is 441 cm³/mol. The summed E-state index contributed by atoms with van der Waals surface area (Å²) >= 11 is 0. The molecule has 0 aliphatic rings. The van der Waals surface area contributed by atoms with Crippen LogP contribution in [0.2, 0.25) is 0 Å². The van der Waals surface area contributed by atoms with Gasteiger partial charge in [-0.3, -0.25) is 62.5 Å². The average Bonchev–Trinajstić information content (AvgIpc) is 0.932. The minimum absolute atomic E-state index is 0.0119. The van der Waals surface area contributed by atoms with Gasteiger partial charge in [-0.1, -0.05) is 61.8 Å². The molecule has 0 rings (SSSR count). The molecular formula is C74H150N26O14. The molecule has 32 N–H and O–H groups in total. The molecule has 40 nitrogen and oxygen atoms in total. The summed E-state index contributed by atoms with van der Waals surface area (Å²) in [5.41, 5.74) is 27.9. The third-order valence-electron chi connectivity index (χ3n) is 17.9. The molecule has 0 heterocycles. The SMILES string of the molecule is CCC(C)[C@@H](CNCC(=O)N[C@H](CNCC(=O)N[C@H](CNCC(N)=O)CC(C)C)CC(C)C)NC(=O)CNC[C@H](CCCN)NC(=O)CNC[C@H](C)NC(=O)CNC[C@@H](NC(=O)CNC[C@H](CC(C)C)NC(=O)CNC[C@H](CCCN=C(N)N)NC(=O)CNC[C@H](CCCN)NC(=O)CNC[C@H](CCC(=O)O)NC(C)=O)C(C)O. The Labute approximate surface area is 675 Å². The van der Waals surface area contributed by atoms with Gasteiger partial charge in [0.15, 0.2) is 5.96 Å². The van der Waals surface area contributed by atoms with E-state index in [4.69, 9.17) is 33.8 Å². The van der Waals surface area contributed by atoms with Crippen LogP contribution in [0.4, 0.5) is 0 Å². The van der Waals surface area contributed by atoms with Crippen LogP contribution >= 0.6 is 0 Å². The second kappa shape index (κ2) is 65.5. The molecule has 0 aromatic carbocycles. The van der Waals surface area contributed by atoms with Crippen LogP contribution in [-0.4, -0.2) is 304 Å². The maximum Gasteiger partial charge on any atom is 0.303 e. The minimum Gasteiger partial charge on any atom is -0.481 e. The number of nitrogens with zero attached hydrogens (tertiary/aromatic N) is 1. The topological polar surface area (TPSA) is 628 Å². The van der Waals surface area contributed by atoms with Crippen molar-refractivity contribution < 1.29 is 67.7 Å². The van der Waals surface area contributed by atoms with Gasteiger partial charge < -0.3 is 145 Å². The van der Waals surface area contributed by atoms with E-state index in [1.54, 1.807) is 6.92 Å². The van der Waals surface area contributed by atoms with Crippen molar-refractivity contribution in [3.63, 3.8) is 0 Å². The quantitative estimate of drug-likeness (QED) is 0.0153. The lowest BCUT2D eigenvalue weighted by molar-refractivity contribution is -0.137. The van der Waals surface area contributed by atoms with Crippen molar-refractivity contribution in [3.8, 4) is 0 Å². The van der Waals surface area contributed by atoms with Gasteiger partial charge in [-0.2, -0.15) is 0 Å². The van der Waals surface area contributed by atoms with E-state index in [0.717, 1.165) is 6.42 Å². The number of hydrogen-bond donors (Lipinski definition) is 27. The number of amides is 11. The van der Waals surface area contributed by atoms with Gasteiger partial charge in [0.05, 0.1) is 77.6 Å². The number of rotatable bonds is 72. The Morgan fingerprint density at radius 3 is 0.956 bits per heavy atom. The number of aliphatic hydroxyl groups excluding tert-OH is 1. The van der Waals surface area contributed by atoms with E-state index < -0.39 is 42.0 Å². The van der Waals surface area contributed by atoms with E-state index in [2.05, 4.69) is 125 Å². The van der Waals surface area contributed by atoms with Crippen molar-refractivity contribution in [2.24, 2.45) is 57.3 Å². The second-order valence-corrected chi connectivity index (χ2v) is 30.8. The molecule has 12 atom stereocenters. The molecule has 0 bridgehead atoms. The van der Waals surface area contributed by atoms with E-state index in [1.807, 2.05) is 41.5 Å². The molecule has 2 unspecified atom stereocenters. The Hall–Kier alpha value is -7.61. The molecular weight excluding hydrogens is 1480 g/mol. The first-order valence-corrected chi connectivity index (χ1v) is 40.6. The second-order valence-electron chi connectivity index (χ2n) is 30.8. The zero-order chi connectivity index (χ0) is 85.8. The molecule has 0 aliphatic heterocycles. The fraction of sp³-hybridized carbons (Fsp3) is 0.824. The first-order valence-electron chi connectivity index (χ1n) is 40.6. The smallest absolute Gasteiger partial charge is 0.303 e. The lowest BCUT2D eigenvalue weighted by atomic mass is 9.99. The van der Waals surface area contributed by atoms with E-state index in [0.29, 0.717) is 110 Å². The van der Waals surface area contributed by atoms with Crippen LogP contribution in [0.1, 0.15) is 153 Å². The summed E-state index contributed by atoms with van der Waals surface area (Å²) in [7, 11) is 0. The molecule has 0 spiro atoms. The fourth-order valence-corrected chi connectivity index (χ4v) is 12.2. The number of nitrogens with one attached hydrogen (secondary N) is 20. The van der Waals surface area contributed by atoms with E-state index >= 15 is 0 Å². The summed E-state index contributed by atoms with van der Waals surface area (Å²) in [4.78, 5) is 156. The number of aliphatic imine (C=N–C) groups is 1. The largest absolute Gasteiger partial charge is 0.481 e. The highest BCUT2D eigenvalue weighted by atomic mass is 16.4. The van der Waals surface area contributed by atoms with Gasteiger partial charge in [0.25, 0.3) is 0 Å². The molecule has 660 valence electrons. The van der Waals surface area contributed by atoms with Crippen molar-refractivity contribution >= 4 is 76.9 Å². The molecule has 11 amide bonds. The van der Waals surface area contributed by atoms with Gasteiger partial charge in [0, 0.05) is 140 Å². The number of nitrogens with two attached hydrogens (primary N) is 5. The third kappa shape index (κ3) is 61.8. The van der Waals surface area contributed by atoms with Gasteiger partial charge in [0.1, 0.15) is 0 Å². The zero-order valence-corrected chi connectivity index (χ0v) is 70.0. The predicted octanol–water partition coefficient (Wildman–Crippen LogP) is -7.78. The van der Waals surface area contributed by atoms with Gasteiger partial charge in [-0.25, -0.2) is 0 Å². The minimum atomic E-state index is -1.00. The highest BCUT2D eigenvalue weighted by Gasteiger charge is 2.25. The van der Waals surface area contributed by atoms with Crippen molar-refractivity contribution in [2.75, 3.05) is 151 Å². The number of carbonyl (C=O) groups is 12. The Morgan fingerprint density at radius 1 is 0.351 bits per heavy atom. The number of hydrogen-bond acceptors (Lipinski definition) is 26. The van der Waals surface area contributed by atoms with Crippen LogP contribution in [0.15, 0.2) is 4.99 Å². The first kappa shape index (κ1) is 106. The van der Waals surface area contributed by atoms with Crippen molar-refractivity contribution in [1.29, 1.82) is 0 Å².